The first-order valence-corrected chi connectivity index (χ1v) is 8.60. The number of hydrogen-bond donors (Lipinski definition) is 0. The zero-order chi connectivity index (χ0) is 18.3. The molecule has 26 heavy (non-hydrogen) atoms. The highest BCUT2D eigenvalue weighted by atomic mass is 127. The first-order valence-electron chi connectivity index (χ1n) is 6.84. The fourth-order valence-electron chi connectivity index (χ4n) is 1.69. The van der Waals surface area contributed by atoms with Crippen molar-refractivity contribution in [2.75, 3.05) is 0 Å². The van der Waals surface area contributed by atoms with E-state index in [4.69, 9.17) is 9.90 Å². The molecule has 138 valence electrons. The van der Waals surface area contributed by atoms with Crippen molar-refractivity contribution in [1.82, 2.24) is 0 Å². The van der Waals surface area contributed by atoms with Crippen molar-refractivity contribution in [3.05, 3.63) is 59.6 Å². The number of hydrogen-bond acceptors (Lipinski definition) is 4. The van der Waals surface area contributed by atoms with E-state index in [1.807, 2.05) is 24.5 Å². The molecule has 0 atom stereocenters. The van der Waals surface area contributed by atoms with Crippen LogP contribution in [0, 0.1) is 0 Å². The monoisotopic (exact) mass is 512 g/mol. The van der Waals surface area contributed by atoms with Gasteiger partial charge in [-0.05, 0) is 35.0 Å². The molecule has 4 aromatic heterocycles. The number of pyridine rings is 2. The number of thiophene rings is 2. The topological polar surface area (TPSA) is 68.4 Å². The summed E-state index contributed by atoms with van der Waals surface area (Å²) in [5, 5.41) is 15.5. The van der Waals surface area contributed by atoms with Gasteiger partial charge in [0.15, 0.2) is 12.4 Å². The molecule has 0 fully saturated rings. The number of halogens is 4. The Labute approximate surface area is 171 Å². The number of carboxylic acid groups (broad SMARTS) is 1. The van der Waals surface area contributed by atoms with Gasteiger partial charge in [0.25, 0.3) is 9.66 Å². The molecule has 2 N–H and O–H groups in total. The lowest BCUT2D eigenvalue weighted by Crippen LogP contribution is -3.00. The molecule has 0 amide bonds. The van der Waals surface area contributed by atoms with E-state index >= 15 is 0 Å². The van der Waals surface area contributed by atoms with Crippen molar-refractivity contribution in [1.29, 1.82) is 0 Å². The third kappa shape index (κ3) is 6.84. The van der Waals surface area contributed by atoms with Crippen molar-refractivity contribution >= 4 is 49.1 Å². The lowest BCUT2D eigenvalue weighted by Gasteiger charge is -2.03. The molecule has 0 saturated heterocycles. The van der Waals surface area contributed by atoms with E-state index in [9.17, 15) is 13.2 Å². The fraction of sp³-hybridized carbons (Fsp3) is 0.0625. The first-order chi connectivity index (χ1) is 11.9. The van der Waals surface area contributed by atoms with Crippen LogP contribution in [0.25, 0.3) is 20.4 Å². The van der Waals surface area contributed by atoms with Crippen LogP contribution in [0.3, 0.4) is 0 Å². The van der Waals surface area contributed by atoms with Crippen LogP contribution in [0.15, 0.2) is 59.6 Å². The largest absolute Gasteiger partial charge is 1.00 e. The molecule has 4 nitrogen and oxygen atoms in total. The van der Waals surface area contributed by atoms with Gasteiger partial charge in [-0.3, -0.25) is 0 Å². The Morgan fingerprint density at radius 2 is 1.27 bits per heavy atom. The molecule has 4 heterocycles. The number of rotatable bonds is 0. The number of aliphatic carboxylic acids is 1. The van der Waals surface area contributed by atoms with Crippen molar-refractivity contribution in [2.24, 2.45) is 0 Å². The van der Waals surface area contributed by atoms with Gasteiger partial charge >= 0.3 is 6.18 Å². The number of aromatic nitrogens is 2. The minimum Gasteiger partial charge on any atom is -1.00 e. The molecule has 0 aromatic carbocycles. The molecule has 0 spiro atoms. The molecule has 0 radical (unpaired) electrons. The summed E-state index contributed by atoms with van der Waals surface area (Å²) >= 11 is 3.46. The summed E-state index contributed by atoms with van der Waals surface area (Å²) in [7, 11) is 0. The maximum absolute atomic E-state index is 10.5. The maximum Gasteiger partial charge on any atom is 0.430 e. The van der Waals surface area contributed by atoms with Crippen LogP contribution >= 0.6 is 22.7 Å². The van der Waals surface area contributed by atoms with Gasteiger partial charge in [-0.2, -0.15) is 13.2 Å². The highest BCUT2D eigenvalue weighted by Gasteiger charge is 2.28. The van der Waals surface area contributed by atoms with Crippen LogP contribution in [-0.2, 0) is 4.79 Å². The lowest BCUT2D eigenvalue weighted by molar-refractivity contribution is -0.344. The van der Waals surface area contributed by atoms with Gasteiger partial charge in [-0.15, -0.1) is 0 Å². The van der Waals surface area contributed by atoms with E-state index in [1.165, 1.54) is 20.4 Å². The second kappa shape index (κ2) is 10.4. The minimum absolute atomic E-state index is 0. The number of carboxylic acids is 1. The third-order valence-corrected chi connectivity index (χ3v) is 4.52. The Balaban J connectivity index is 0.000000194. The van der Waals surface area contributed by atoms with Crippen LogP contribution in [0.5, 0.6) is 0 Å². The second-order valence-corrected chi connectivity index (χ2v) is 6.37. The van der Waals surface area contributed by atoms with Gasteiger partial charge in [-0.25, -0.2) is 9.97 Å². The molecule has 4 rings (SSSR count). The highest BCUT2D eigenvalue weighted by molar-refractivity contribution is 7.16. The summed E-state index contributed by atoms with van der Waals surface area (Å²) in [4.78, 5) is 17.6. The zero-order valence-corrected chi connectivity index (χ0v) is 16.7. The second-order valence-electron chi connectivity index (χ2n) is 4.54. The van der Waals surface area contributed by atoms with E-state index in [0.29, 0.717) is 0 Å². The summed E-state index contributed by atoms with van der Waals surface area (Å²) < 4.78 is 31.5. The SMILES string of the molecule is O=C([O-])C(F)(F)F.[I-].c1c[nH+]c2sccc2c1.c1c[nH+]c2sccc2c1. The normalized spacial score (nSPS) is 10.1. The third-order valence-electron chi connectivity index (χ3n) is 2.80. The predicted octanol–water partition coefficient (Wildman–Crippen LogP) is -0.267. The van der Waals surface area contributed by atoms with Crippen LogP contribution in [0.4, 0.5) is 13.2 Å². The number of fused-ring (bicyclic) bond motifs is 2. The van der Waals surface area contributed by atoms with Gasteiger partial charge in [-0.1, -0.05) is 22.7 Å². The number of carbonyl (C=O) groups is 1. The lowest BCUT2D eigenvalue weighted by atomic mass is 10.4. The molecule has 0 aliphatic carbocycles. The van der Waals surface area contributed by atoms with Crippen LogP contribution < -0.4 is 39.1 Å². The van der Waals surface area contributed by atoms with Crippen molar-refractivity contribution in [2.45, 2.75) is 6.18 Å². The van der Waals surface area contributed by atoms with Crippen LogP contribution in [0.2, 0.25) is 0 Å². The van der Waals surface area contributed by atoms with Gasteiger partial charge in [0.05, 0.1) is 10.8 Å². The predicted molar refractivity (Wildman–Crippen MR) is 87.8 cm³/mol. The number of aromatic amines is 2. The minimum atomic E-state index is -5.19. The highest BCUT2D eigenvalue weighted by Crippen LogP contribution is 2.14. The van der Waals surface area contributed by atoms with Crippen molar-refractivity contribution < 1.29 is 57.0 Å². The Morgan fingerprint density at radius 3 is 1.58 bits per heavy atom. The van der Waals surface area contributed by atoms with E-state index in [0.717, 1.165) is 0 Å². The van der Waals surface area contributed by atoms with Gasteiger partial charge in [0.2, 0.25) is 0 Å². The molecule has 0 unspecified atom stereocenters. The maximum atomic E-state index is 10.5. The standard InChI is InChI=1S/2C7H5NS.C2HF3O2.HI/c2*1-2-6-3-5-9-7(6)8-4-1;3-2(4,5)1(6)7;/h2*1-5H;(H,6,7);1H. The van der Waals surface area contributed by atoms with Crippen molar-refractivity contribution in [3.63, 3.8) is 0 Å². The molecule has 0 saturated carbocycles. The molecule has 0 bridgehead atoms. The smallest absolute Gasteiger partial charge is 0.430 e. The molecule has 4 aromatic rings. The molecular weight excluding hydrogens is 500 g/mol. The Morgan fingerprint density at radius 1 is 0.885 bits per heavy atom. The van der Waals surface area contributed by atoms with E-state index in [-0.39, 0.29) is 24.0 Å². The summed E-state index contributed by atoms with van der Waals surface area (Å²) in [6, 6.07) is 12.4. The summed E-state index contributed by atoms with van der Waals surface area (Å²) in [5.74, 6) is -3.01. The van der Waals surface area contributed by atoms with Crippen LogP contribution in [-0.4, -0.2) is 12.1 Å². The quantitative estimate of drug-likeness (QED) is 0.305. The molecule has 0 aliphatic heterocycles. The Bertz CT molecular complexity index is 831. The van der Waals surface area contributed by atoms with E-state index < -0.39 is 12.1 Å². The molecule has 10 heteroatoms. The van der Waals surface area contributed by atoms with Gasteiger partial charge in [0, 0.05) is 12.1 Å². The number of alkyl halides is 3. The molecule has 0 aliphatic rings. The number of H-pyrrole nitrogens is 2. The average molecular weight is 512 g/mol. The van der Waals surface area contributed by atoms with Gasteiger partial charge in [0.1, 0.15) is 5.97 Å². The first kappa shape index (κ1) is 22.3. The van der Waals surface area contributed by atoms with Crippen molar-refractivity contribution in [3.8, 4) is 0 Å². The Kier molecular flexibility index (Phi) is 8.88. The number of nitrogens with one attached hydrogen (secondary N) is 2. The van der Waals surface area contributed by atoms with E-state index in [2.05, 4.69) is 45.0 Å². The zero-order valence-electron chi connectivity index (χ0n) is 12.9. The van der Waals surface area contributed by atoms with Gasteiger partial charge < -0.3 is 33.9 Å². The average Bonchev–Trinajstić information content (AvgIpc) is 3.24. The summed E-state index contributed by atoms with van der Waals surface area (Å²) in [5.41, 5.74) is 0. The Hall–Kier alpha value is -1.79. The fourth-order valence-corrected chi connectivity index (χ4v) is 3.20. The van der Waals surface area contributed by atoms with Crippen LogP contribution in [0.1, 0.15) is 0 Å². The molecular formula is C16H12F3IN2O2S2. The summed E-state index contributed by atoms with van der Waals surface area (Å²) in [6.07, 6.45) is -1.31. The van der Waals surface area contributed by atoms with E-state index in [1.54, 1.807) is 22.7 Å². The number of carbonyl (C=O) groups excluding carboxylic acids is 1. The summed E-state index contributed by atoms with van der Waals surface area (Å²) in [6.45, 7) is 0.